The molecule has 5 heteroatoms. The summed E-state index contributed by atoms with van der Waals surface area (Å²) >= 11 is 6.05. The molecule has 0 spiro atoms. The summed E-state index contributed by atoms with van der Waals surface area (Å²) in [5.74, 6) is -1.22. The second-order valence-electron chi connectivity index (χ2n) is 4.47. The van der Waals surface area contributed by atoms with Gasteiger partial charge in [0.15, 0.2) is 5.60 Å². The van der Waals surface area contributed by atoms with Crippen LogP contribution in [0, 0.1) is 0 Å². The molecule has 0 amide bonds. The first-order chi connectivity index (χ1) is 8.36. The summed E-state index contributed by atoms with van der Waals surface area (Å²) in [6.45, 7) is 4.41. The van der Waals surface area contributed by atoms with Crippen LogP contribution < -0.4 is 0 Å². The lowest BCUT2D eigenvalue weighted by Crippen LogP contribution is -2.46. The maximum absolute atomic E-state index is 10.9. The predicted octanol–water partition coefficient (Wildman–Crippen LogP) is 2.00. The zero-order chi connectivity index (χ0) is 13.8. The summed E-state index contributed by atoms with van der Waals surface area (Å²) in [7, 11) is 0. The number of carbonyl (C=O) groups is 1. The molecule has 2 N–H and O–H groups in total. The van der Waals surface area contributed by atoms with Crippen LogP contribution in [0.3, 0.4) is 0 Å². The van der Waals surface area contributed by atoms with Gasteiger partial charge in [0.25, 0.3) is 0 Å². The first kappa shape index (κ1) is 15.0. The fourth-order valence-corrected chi connectivity index (χ4v) is 1.85. The highest BCUT2D eigenvalue weighted by Crippen LogP contribution is 2.18. The zero-order valence-electron chi connectivity index (χ0n) is 10.6. The van der Waals surface area contributed by atoms with Crippen molar-refractivity contribution in [2.75, 3.05) is 13.1 Å². The van der Waals surface area contributed by atoms with Gasteiger partial charge in [0.1, 0.15) is 0 Å². The first-order valence-corrected chi connectivity index (χ1v) is 6.16. The number of hydrogen-bond acceptors (Lipinski definition) is 3. The Labute approximate surface area is 112 Å². The smallest absolute Gasteiger partial charge is 0.336 e. The highest BCUT2D eigenvalue weighted by Gasteiger charge is 2.31. The second kappa shape index (κ2) is 6.18. The minimum absolute atomic E-state index is 0.0596. The Kier molecular flexibility index (Phi) is 5.14. The third-order valence-electron chi connectivity index (χ3n) is 2.79. The monoisotopic (exact) mass is 271 g/mol. The average Bonchev–Trinajstić information content (AvgIpc) is 2.30. The normalized spacial score (nSPS) is 14.5. The summed E-state index contributed by atoms with van der Waals surface area (Å²) in [5, 5.41) is 19.3. The Morgan fingerprint density at radius 1 is 1.44 bits per heavy atom. The van der Waals surface area contributed by atoms with Gasteiger partial charge < -0.3 is 10.2 Å². The van der Waals surface area contributed by atoms with Crippen LogP contribution in [0.5, 0.6) is 0 Å². The van der Waals surface area contributed by atoms with Gasteiger partial charge in [0.05, 0.1) is 0 Å². The molecule has 18 heavy (non-hydrogen) atoms. The van der Waals surface area contributed by atoms with Crippen molar-refractivity contribution in [2.45, 2.75) is 26.0 Å². The van der Waals surface area contributed by atoms with E-state index >= 15 is 0 Å². The Morgan fingerprint density at radius 2 is 2.06 bits per heavy atom. The van der Waals surface area contributed by atoms with Gasteiger partial charge in [-0.3, -0.25) is 4.90 Å². The lowest BCUT2D eigenvalue weighted by molar-refractivity contribution is -0.158. The summed E-state index contributed by atoms with van der Waals surface area (Å²) < 4.78 is 0. The summed E-state index contributed by atoms with van der Waals surface area (Å²) in [4.78, 5) is 12.7. The number of carboxylic acid groups (broad SMARTS) is 1. The van der Waals surface area contributed by atoms with E-state index in [9.17, 15) is 9.90 Å². The van der Waals surface area contributed by atoms with Crippen LogP contribution in [0.25, 0.3) is 0 Å². The molecule has 100 valence electrons. The van der Waals surface area contributed by atoms with Gasteiger partial charge in [-0.15, -0.1) is 0 Å². The fourth-order valence-electron chi connectivity index (χ4n) is 1.65. The Hall–Kier alpha value is -1.10. The quantitative estimate of drug-likeness (QED) is 0.831. The number of aliphatic carboxylic acids is 1. The van der Waals surface area contributed by atoms with Crippen molar-refractivity contribution in [3.8, 4) is 0 Å². The van der Waals surface area contributed by atoms with Crippen molar-refractivity contribution in [3.05, 3.63) is 34.9 Å². The minimum Gasteiger partial charge on any atom is -0.479 e. The number of nitrogens with zero attached hydrogens (tertiary/aromatic N) is 1. The number of hydrogen-bond donors (Lipinski definition) is 2. The molecule has 0 saturated carbocycles. The average molecular weight is 272 g/mol. The minimum atomic E-state index is -1.75. The molecule has 0 aliphatic rings. The van der Waals surface area contributed by atoms with E-state index in [1.165, 1.54) is 6.92 Å². The molecule has 1 unspecified atom stereocenters. The lowest BCUT2D eigenvalue weighted by Gasteiger charge is -2.28. The number of likely N-dealkylation sites (N-methyl/N-ethyl adjacent to an activating group) is 1. The fraction of sp³-hybridized carbons (Fsp3) is 0.462. The summed E-state index contributed by atoms with van der Waals surface area (Å²) in [6.07, 6.45) is 0. The number of aliphatic hydroxyl groups is 1. The number of benzene rings is 1. The summed E-state index contributed by atoms with van der Waals surface area (Å²) in [5.41, 5.74) is -0.834. The third kappa shape index (κ3) is 3.98. The highest BCUT2D eigenvalue weighted by atomic mass is 35.5. The maximum Gasteiger partial charge on any atom is 0.336 e. The lowest BCUT2D eigenvalue weighted by atomic mass is 10.1. The van der Waals surface area contributed by atoms with Crippen molar-refractivity contribution < 1.29 is 15.0 Å². The zero-order valence-corrected chi connectivity index (χ0v) is 11.3. The largest absolute Gasteiger partial charge is 0.479 e. The molecule has 0 aliphatic heterocycles. The third-order valence-corrected chi connectivity index (χ3v) is 3.16. The van der Waals surface area contributed by atoms with Gasteiger partial charge in [-0.2, -0.15) is 0 Å². The molecule has 0 bridgehead atoms. The van der Waals surface area contributed by atoms with Crippen LogP contribution in [0.4, 0.5) is 0 Å². The van der Waals surface area contributed by atoms with E-state index in [-0.39, 0.29) is 6.54 Å². The Balaban J connectivity index is 2.75. The van der Waals surface area contributed by atoms with Gasteiger partial charge >= 0.3 is 5.97 Å². The molecule has 1 rings (SSSR count). The van der Waals surface area contributed by atoms with Crippen LogP contribution in [-0.4, -0.2) is 39.8 Å². The second-order valence-corrected chi connectivity index (χ2v) is 4.88. The molecule has 4 nitrogen and oxygen atoms in total. The molecule has 0 fully saturated rings. The van der Waals surface area contributed by atoms with Gasteiger partial charge in [0.2, 0.25) is 0 Å². The molecule has 0 aromatic heterocycles. The van der Waals surface area contributed by atoms with E-state index in [0.717, 1.165) is 5.56 Å². The van der Waals surface area contributed by atoms with E-state index in [2.05, 4.69) is 0 Å². The Bertz CT molecular complexity index is 420. The van der Waals surface area contributed by atoms with Crippen LogP contribution in [0.2, 0.25) is 5.02 Å². The molecule has 0 aliphatic carbocycles. The van der Waals surface area contributed by atoms with Crippen molar-refractivity contribution in [3.63, 3.8) is 0 Å². The standard InChI is InChI=1S/C13H18ClNO3/c1-3-15(9-13(2,18)12(16)17)8-10-6-4-5-7-11(10)14/h4-7,18H,3,8-9H2,1-2H3,(H,16,17). The van der Waals surface area contributed by atoms with E-state index < -0.39 is 11.6 Å². The van der Waals surface area contributed by atoms with Gasteiger partial charge in [-0.25, -0.2) is 4.79 Å². The maximum atomic E-state index is 10.9. The molecule has 0 radical (unpaired) electrons. The molecule has 1 atom stereocenters. The molecular weight excluding hydrogens is 254 g/mol. The van der Waals surface area contributed by atoms with Gasteiger partial charge in [-0.1, -0.05) is 36.7 Å². The van der Waals surface area contributed by atoms with E-state index in [1.807, 2.05) is 30.0 Å². The van der Waals surface area contributed by atoms with Crippen LogP contribution in [0.15, 0.2) is 24.3 Å². The van der Waals surface area contributed by atoms with Gasteiger partial charge in [-0.05, 0) is 25.1 Å². The van der Waals surface area contributed by atoms with Crippen LogP contribution in [-0.2, 0) is 11.3 Å². The number of rotatable bonds is 6. The molecule has 1 aromatic rings. The van der Waals surface area contributed by atoms with Crippen LogP contribution >= 0.6 is 11.6 Å². The highest BCUT2D eigenvalue weighted by molar-refractivity contribution is 6.31. The predicted molar refractivity (Wildman–Crippen MR) is 70.7 cm³/mol. The number of carboxylic acids is 1. The summed E-state index contributed by atoms with van der Waals surface area (Å²) in [6, 6.07) is 7.40. The van der Waals surface area contributed by atoms with Crippen molar-refractivity contribution >= 4 is 17.6 Å². The number of halogens is 1. The molecule has 1 aromatic carbocycles. The van der Waals surface area contributed by atoms with E-state index in [4.69, 9.17) is 16.7 Å². The van der Waals surface area contributed by atoms with Crippen molar-refractivity contribution in [2.24, 2.45) is 0 Å². The molecule has 0 heterocycles. The molecule has 0 saturated heterocycles. The van der Waals surface area contributed by atoms with Gasteiger partial charge in [0, 0.05) is 18.1 Å². The Morgan fingerprint density at radius 3 is 2.56 bits per heavy atom. The van der Waals surface area contributed by atoms with Crippen molar-refractivity contribution in [1.29, 1.82) is 0 Å². The molecular formula is C13H18ClNO3. The van der Waals surface area contributed by atoms with E-state index in [0.29, 0.717) is 18.1 Å². The van der Waals surface area contributed by atoms with Crippen LogP contribution in [0.1, 0.15) is 19.4 Å². The SMILES string of the molecule is CCN(Cc1ccccc1Cl)CC(C)(O)C(=O)O. The van der Waals surface area contributed by atoms with E-state index in [1.54, 1.807) is 6.07 Å². The first-order valence-electron chi connectivity index (χ1n) is 5.78. The van der Waals surface area contributed by atoms with Crippen molar-refractivity contribution in [1.82, 2.24) is 4.90 Å². The topological polar surface area (TPSA) is 60.8 Å².